The summed E-state index contributed by atoms with van der Waals surface area (Å²) in [7, 11) is 0. The van der Waals surface area contributed by atoms with Crippen LogP contribution in [0.25, 0.3) is 0 Å². The third-order valence-electron chi connectivity index (χ3n) is 5.27. The van der Waals surface area contributed by atoms with E-state index in [-0.39, 0.29) is 18.0 Å². The molecule has 0 spiro atoms. The second-order valence-corrected chi connectivity index (χ2v) is 8.35. The number of aliphatic hydroxyl groups is 1. The van der Waals surface area contributed by atoms with Crippen LogP contribution < -0.4 is 0 Å². The van der Waals surface area contributed by atoms with Gasteiger partial charge in [-0.3, -0.25) is 0 Å². The zero-order valence-electron chi connectivity index (χ0n) is 15.0. The highest BCUT2D eigenvalue weighted by atomic mass is 35.5. The Bertz CT molecular complexity index is 559. The molecule has 0 aromatic rings. The van der Waals surface area contributed by atoms with Gasteiger partial charge in [-0.25, -0.2) is 4.79 Å². The van der Waals surface area contributed by atoms with E-state index in [0.717, 1.165) is 19.3 Å². The van der Waals surface area contributed by atoms with E-state index in [1.807, 2.05) is 6.92 Å². The van der Waals surface area contributed by atoms with E-state index in [2.05, 4.69) is 32.6 Å². The number of carbonyl (C=O) groups is 1. The Kier molecular flexibility index (Phi) is 6.33. The highest BCUT2D eigenvalue weighted by Gasteiger charge is 2.42. The molecule has 4 heteroatoms. The van der Waals surface area contributed by atoms with Crippen LogP contribution in [0.4, 0.5) is 0 Å². The maximum Gasteiger partial charge on any atom is 0.334 e. The van der Waals surface area contributed by atoms with Gasteiger partial charge in [-0.2, -0.15) is 0 Å². The maximum absolute atomic E-state index is 11.9. The molecule has 4 atom stereocenters. The lowest BCUT2D eigenvalue weighted by molar-refractivity contribution is -0.139. The van der Waals surface area contributed by atoms with Crippen molar-refractivity contribution in [3.63, 3.8) is 0 Å². The average molecular weight is 353 g/mol. The van der Waals surface area contributed by atoms with Gasteiger partial charge in [0.1, 0.15) is 6.10 Å². The number of fused-ring (bicyclic) bond motifs is 1. The lowest BCUT2D eigenvalue weighted by atomic mass is 9.83. The smallest absolute Gasteiger partial charge is 0.334 e. The lowest BCUT2D eigenvalue weighted by Crippen LogP contribution is -2.37. The molecule has 1 aliphatic carbocycles. The number of hydrogen-bond acceptors (Lipinski definition) is 3. The number of hydrogen-bond donors (Lipinski definition) is 1. The van der Waals surface area contributed by atoms with E-state index < -0.39 is 11.0 Å². The van der Waals surface area contributed by atoms with Crippen molar-refractivity contribution in [1.82, 2.24) is 0 Å². The second kappa shape index (κ2) is 7.88. The van der Waals surface area contributed by atoms with E-state index >= 15 is 0 Å². The molecule has 2 aliphatic rings. The van der Waals surface area contributed by atoms with Crippen LogP contribution in [0.3, 0.4) is 0 Å². The Labute approximate surface area is 150 Å². The second-order valence-electron chi connectivity index (χ2n) is 7.49. The average Bonchev–Trinajstić information content (AvgIpc) is 2.73. The van der Waals surface area contributed by atoms with Gasteiger partial charge in [0.15, 0.2) is 0 Å². The summed E-state index contributed by atoms with van der Waals surface area (Å²) in [6.07, 6.45) is 8.11. The highest BCUT2D eigenvalue weighted by Crippen LogP contribution is 2.38. The summed E-state index contributed by atoms with van der Waals surface area (Å²) in [6.45, 7) is 9.95. The molecule has 1 aliphatic heterocycles. The first-order chi connectivity index (χ1) is 11.2. The zero-order valence-corrected chi connectivity index (χ0v) is 15.7. The molecule has 0 amide bonds. The van der Waals surface area contributed by atoms with E-state index in [0.29, 0.717) is 24.8 Å². The molecule has 0 unspecified atom stereocenters. The van der Waals surface area contributed by atoms with Crippen LogP contribution in [0, 0.1) is 5.92 Å². The van der Waals surface area contributed by atoms with Crippen LogP contribution in [0.15, 0.2) is 35.5 Å². The molecule has 1 heterocycles. The minimum absolute atomic E-state index is 0.172. The predicted molar refractivity (Wildman–Crippen MR) is 98.0 cm³/mol. The zero-order chi connectivity index (χ0) is 17.9. The summed E-state index contributed by atoms with van der Waals surface area (Å²) in [5, 5.41) is 10.7. The van der Waals surface area contributed by atoms with Crippen molar-refractivity contribution in [2.75, 3.05) is 0 Å². The highest BCUT2D eigenvalue weighted by molar-refractivity contribution is 6.24. The number of aliphatic hydroxyl groups excluding tert-OH is 1. The van der Waals surface area contributed by atoms with Crippen LogP contribution >= 0.6 is 11.6 Å². The van der Waals surface area contributed by atoms with E-state index in [1.54, 1.807) is 0 Å². The first-order valence-corrected chi connectivity index (χ1v) is 9.16. The molecular formula is C20H29ClO3. The lowest BCUT2D eigenvalue weighted by Gasteiger charge is -2.31. The fourth-order valence-corrected chi connectivity index (χ4v) is 3.65. The summed E-state index contributed by atoms with van der Waals surface area (Å²) in [4.78, 5) is 11.2. The van der Waals surface area contributed by atoms with Crippen molar-refractivity contribution in [2.24, 2.45) is 5.92 Å². The van der Waals surface area contributed by atoms with E-state index in [9.17, 15) is 9.90 Å². The predicted octanol–water partition coefficient (Wildman–Crippen LogP) is 4.69. The number of alkyl halides is 1. The first-order valence-electron chi connectivity index (χ1n) is 8.78. The van der Waals surface area contributed by atoms with Crippen molar-refractivity contribution < 1.29 is 14.6 Å². The fraction of sp³-hybridized carbons (Fsp3) is 0.650. The van der Waals surface area contributed by atoms with Gasteiger partial charge in [0, 0.05) is 17.9 Å². The van der Waals surface area contributed by atoms with Gasteiger partial charge in [0.25, 0.3) is 0 Å². The number of allylic oxidation sites excluding steroid dienone is 3. The van der Waals surface area contributed by atoms with Gasteiger partial charge in [0.05, 0.1) is 11.0 Å². The van der Waals surface area contributed by atoms with Gasteiger partial charge in [0.2, 0.25) is 0 Å². The Balaban J connectivity index is 2.24. The third-order valence-corrected chi connectivity index (χ3v) is 5.71. The summed E-state index contributed by atoms with van der Waals surface area (Å²) in [6, 6.07) is 0. The van der Waals surface area contributed by atoms with Crippen molar-refractivity contribution in [1.29, 1.82) is 0 Å². The van der Waals surface area contributed by atoms with E-state index in [4.69, 9.17) is 16.3 Å². The van der Waals surface area contributed by atoms with E-state index in [1.165, 1.54) is 11.1 Å². The summed E-state index contributed by atoms with van der Waals surface area (Å²) in [5.74, 6) is -0.516. The maximum atomic E-state index is 11.9. The van der Waals surface area contributed by atoms with Crippen molar-refractivity contribution >= 4 is 17.6 Å². The molecule has 1 N–H and O–H groups in total. The van der Waals surface area contributed by atoms with Crippen molar-refractivity contribution in [3.8, 4) is 0 Å². The monoisotopic (exact) mass is 352 g/mol. The molecule has 0 saturated carbocycles. The largest absolute Gasteiger partial charge is 0.458 e. The Morgan fingerprint density at radius 1 is 1.29 bits per heavy atom. The van der Waals surface area contributed by atoms with Gasteiger partial charge >= 0.3 is 5.97 Å². The van der Waals surface area contributed by atoms with Gasteiger partial charge < -0.3 is 9.84 Å². The summed E-state index contributed by atoms with van der Waals surface area (Å²) >= 11 is 6.60. The molecular weight excluding hydrogens is 324 g/mol. The number of halogens is 1. The third kappa shape index (κ3) is 4.73. The van der Waals surface area contributed by atoms with Crippen LogP contribution in [0.1, 0.15) is 59.3 Å². The fourth-order valence-electron chi connectivity index (χ4n) is 3.45. The quantitative estimate of drug-likeness (QED) is 0.298. The van der Waals surface area contributed by atoms with Gasteiger partial charge in [-0.1, -0.05) is 29.9 Å². The Morgan fingerprint density at radius 2 is 1.96 bits per heavy atom. The Hall–Kier alpha value is -1.06. The molecule has 0 aromatic heterocycles. The van der Waals surface area contributed by atoms with Crippen molar-refractivity contribution in [2.45, 2.75) is 76.4 Å². The molecule has 0 radical (unpaired) electrons. The van der Waals surface area contributed by atoms with Crippen LogP contribution in [0.5, 0.6) is 0 Å². The first kappa shape index (κ1) is 19.3. The molecule has 1 saturated heterocycles. The molecule has 1 fully saturated rings. The minimum Gasteiger partial charge on any atom is -0.458 e. The number of carbonyl (C=O) groups excluding carboxylic acids is 1. The SMILES string of the molecule is C=C1C(=O)O[C@H]2C/C(C)=C/CC/C(C)=C/CC[C@](C)(Cl)[C@@H](O)C[C@@H]12. The van der Waals surface area contributed by atoms with Crippen LogP contribution in [0.2, 0.25) is 0 Å². The topological polar surface area (TPSA) is 46.5 Å². The normalized spacial score (nSPS) is 40.6. The molecule has 3 nitrogen and oxygen atoms in total. The number of esters is 1. The number of ether oxygens (including phenoxy) is 1. The molecule has 0 bridgehead atoms. The standard InChI is InChI=1S/C20H29ClO3/c1-13-7-5-8-14(2)11-17-16(15(3)19(23)24-17)12-18(22)20(4,21)10-6-9-13/h8-9,16-18,22H,3,5-7,10-12H2,1-2,4H3/b13-9+,14-8+/t16-,17-,18-,20-/m0/s1. The molecule has 2 rings (SSSR count). The Morgan fingerprint density at radius 3 is 2.67 bits per heavy atom. The van der Waals surface area contributed by atoms with Gasteiger partial charge in [-0.05, 0) is 52.9 Å². The van der Waals surface area contributed by atoms with Gasteiger partial charge in [-0.15, -0.1) is 11.6 Å². The molecule has 24 heavy (non-hydrogen) atoms. The summed E-state index contributed by atoms with van der Waals surface area (Å²) < 4.78 is 5.50. The van der Waals surface area contributed by atoms with Crippen molar-refractivity contribution in [3.05, 3.63) is 35.5 Å². The summed E-state index contributed by atoms with van der Waals surface area (Å²) in [5.41, 5.74) is 3.01. The van der Waals surface area contributed by atoms with Crippen LogP contribution in [-0.2, 0) is 9.53 Å². The van der Waals surface area contributed by atoms with Crippen LogP contribution in [-0.4, -0.2) is 28.2 Å². The number of rotatable bonds is 0. The minimum atomic E-state index is -0.720. The molecule has 0 aromatic carbocycles. The molecule has 134 valence electrons.